The Morgan fingerprint density at radius 1 is 1.32 bits per heavy atom. The fourth-order valence-electron chi connectivity index (χ4n) is 2.74. The minimum atomic E-state index is -0.246. The van der Waals surface area contributed by atoms with E-state index in [0.717, 1.165) is 22.4 Å². The standard InChI is InChI=1S/C18H15FN2O2S2/c19-12-3-1-11(2-4-12)7-13-8-20-18(25-13)21-17(22)15-10-24-16-5-6-23-9-14(15)16/h1-4,8,10H,5-7,9H2,(H,20,21,22). The number of carbonyl (C=O) groups is 1. The van der Waals surface area contributed by atoms with E-state index in [1.54, 1.807) is 29.7 Å². The Kier molecular flexibility index (Phi) is 4.61. The quantitative estimate of drug-likeness (QED) is 0.742. The zero-order valence-corrected chi connectivity index (χ0v) is 14.9. The third-order valence-electron chi connectivity index (χ3n) is 4.01. The zero-order chi connectivity index (χ0) is 17.2. The van der Waals surface area contributed by atoms with Gasteiger partial charge in [-0.1, -0.05) is 12.1 Å². The molecule has 4 rings (SSSR count). The highest BCUT2D eigenvalue weighted by Crippen LogP contribution is 2.29. The number of thiazole rings is 1. The maximum Gasteiger partial charge on any atom is 0.258 e. The Bertz CT molecular complexity index is 902. The largest absolute Gasteiger partial charge is 0.376 e. The van der Waals surface area contributed by atoms with Crippen molar-refractivity contribution in [2.45, 2.75) is 19.4 Å². The van der Waals surface area contributed by atoms with Crippen LogP contribution < -0.4 is 5.32 Å². The van der Waals surface area contributed by atoms with Crippen LogP contribution >= 0.6 is 22.7 Å². The Hall–Kier alpha value is -2.09. The molecular formula is C18H15FN2O2S2. The second kappa shape index (κ2) is 7.03. The van der Waals surface area contributed by atoms with Gasteiger partial charge in [-0.15, -0.1) is 22.7 Å². The van der Waals surface area contributed by atoms with Gasteiger partial charge in [-0.05, 0) is 17.7 Å². The van der Waals surface area contributed by atoms with Crippen molar-refractivity contribution in [3.05, 3.63) is 68.1 Å². The summed E-state index contributed by atoms with van der Waals surface area (Å²) in [5, 5.41) is 5.33. The second-order valence-corrected chi connectivity index (χ2v) is 7.82. The Labute approximate surface area is 152 Å². The average Bonchev–Trinajstić information content (AvgIpc) is 3.23. The van der Waals surface area contributed by atoms with Crippen LogP contribution in [0.1, 0.15) is 31.2 Å². The Morgan fingerprint density at radius 3 is 3.00 bits per heavy atom. The van der Waals surface area contributed by atoms with Gasteiger partial charge in [0.2, 0.25) is 0 Å². The number of carbonyl (C=O) groups excluding carboxylic acids is 1. The molecule has 7 heteroatoms. The number of anilines is 1. The van der Waals surface area contributed by atoms with Crippen LogP contribution in [0.2, 0.25) is 0 Å². The summed E-state index contributed by atoms with van der Waals surface area (Å²) in [6, 6.07) is 6.40. The van der Waals surface area contributed by atoms with Gasteiger partial charge in [0.1, 0.15) is 5.82 Å². The van der Waals surface area contributed by atoms with Gasteiger partial charge in [-0.2, -0.15) is 0 Å². The molecule has 1 aliphatic rings. The summed E-state index contributed by atoms with van der Waals surface area (Å²) in [5.74, 6) is -0.394. The van der Waals surface area contributed by atoms with Crippen molar-refractivity contribution in [1.82, 2.24) is 4.98 Å². The first-order valence-corrected chi connectivity index (χ1v) is 9.56. The van der Waals surface area contributed by atoms with E-state index in [1.165, 1.54) is 28.3 Å². The van der Waals surface area contributed by atoms with E-state index in [-0.39, 0.29) is 11.7 Å². The number of halogens is 1. The van der Waals surface area contributed by atoms with E-state index in [9.17, 15) is 9.18 Å². The molecule has 4 nitrogen and oxygen atoms in total. The van der Waals surface area contributed by atoms with Crippen molar-refractivity contribution in [2.24, 2.45) is 0 Å². The number of thiophene rings is 1. The molecule has 0 bridgehead atoms. The predicted molar refractivity (Wildman–Crippen MR) is 97.0 cm³/mol. The summed E-state index contributed by atoms with van der Waals surface area (Å²) < 4.78 is 18.4. The highest BCUT2D eigenvalue weighted by molar-refractivity contribution is 7.15. The van der Waals surface area contributed by atoms with E-state index >= 15 is 0 Å². The molecule has 25 heavy (non-hydrogen) atoms. The van der Waals surface area contributed by atoms with Gasteiger partial charge in [-0.25, -0.2) is 9.37 Å². The van der Waals surface area contributed by atoms with Gasteiger partial charge in [0.05, 0.1) is 18.8 Å². The molecule has 3 aromatic rings. The number of nitrogens with zero attached hydrogens (tertiary/aromatic N) is 1. The first-order valence-electron chi connectivity index (χ1n) is 7.86. The molecule has 1 amide bonds. The molecule has 1 aromatic carbocycles. The number of aromatic nitrogens is 1. The second-order valence-electron chi connectivity index (χ2n) is 5.74. The maximum atomic E-state index is 13.0. The molecule has 1 N–H and O–H groups in total. The lowest BCUT2D eigenvalue weighted by Crippen LogP contribution is -2.16. The van der Waals surface area contributed by atoms with Crippen LogP contribution in [0.25, 0.3) is 0 Å². The average molecular weight is 374 g/mol. The van der Waals surface area contributed by atoms with Gasteiger partial charge in [0.25, 0.3) is 5.91 Å². The normalized spacial score (nSPS) is 13.5. The highest BCUT2D eigenvalue weighted by atomic mass is 32.1. The number of hydrogen-bond donors (Lipinski definition) is 1. The van der Waals surface area contributed by atoms with Crippen molar-refractivity contribution in [3.8, 4) is 0 Å². The monoisotopic (exact) mass is 374 g/mol. The molecule has 2 aromatic heterocycles. The SMILES string of the molecule is O=C(Nc1ncc(Cc2ccc(F)cc2)s1)c1csc2c1COCC2. The molecular weight excluding hydrogens is 359 g/mol. The van der Waals surface area contributed by atoms with Crippen molar-refractivity contribution < 1.29 is 13.9 Å². The van der Waals surface area contributed by atoms with Crippen LogP contribution in [0.3, 0.4) is 0 Å². The smallest absolute Gasteiger partial charge is 0.258 e. The molecule has 0 aliphatic carbocycles. The minimum Gasteiger partial charge on any atom is -0.376 e. The first kappa shape index (κ1) is 16.4. The number of fused-ring (bicyclic) bond motifs is 1. The lowest BCUT2D eigenvalue weighted by molar-refractivity contribution is 0.0991. The van der Waals surface area contributed by atoms with Gasteiger partial charge < -0.3 is 4.74 Å². The molecule has 0 spiro atoms. The van der Waals surface area contributed by atoms with Crippen LogP contribution in [-0.4, -0.2) is 17.5 Å². The van der Waals surface area contributed by atoms with Gasteiger partial charge in [0, 0.05) is 39.7 Å². The number of amides is 1. The number of ether oxygens (including phenoxy) is 1. The number of nitrogens with one attached hydrogen (secondary N) is 1. The van der Waals surface area contributed by atoms with Gasteiger partial charge >= 0.3 is 0 Å². The molecule has 0 saturated carbocycles. The van der Waals surface area contributed by atoms with Crippen molar-refractivity contribution in [1.29, 1.82) is 0 Å². The maximum absolute atomic E-state index is 13.0. The summed E-state index contributed by atoms with van der Waals surface area (Å²) in [4.78, 5) is 19.0. The molecule has 1 aliphatic heterocycles. The Balaban J connectivity index is 1.45. The molecule has 0 fully saturated rings. The summed E-state index contributed by atoms with van der Waals surface area (Å²) in [7, 11) is 0. The minimum absolute atomic E-state index is 0.148. The molecule has 0 unspecified atom stereocenters. The summed E-state index contributed by atoms with van der Waals surface area (Å²) >= 11 is 3.04. The van der Waals surface area contributed by atoms with Crippen LogP contribution in [0, 0.1) is 5.82 Å². The van der Waals surface area contributed by atoms with E-state index in [2.05, 4.69) is 10.3 Å². The molecule has 128 valence electrons. The van der Waals surface area contributed by atoms with E-state index < -0.39 is 0 Å². The van der Waals surface area contributed by atoms with Crippen molar-refractivity contribution in [2.75, 3.05) is 11.9 Å². The Morgan fingerprint density at radius 2 is 2.16 bits per heavy atom. The number of hydrogen-bond acceptors (Lipinski definition) is 5. The number of rotatable bonds is 4. The van der Waals surface area contributed by atoms with Gasteiger partial charge in [0.15, 0.2) is 5.13 Å². The van der Waals surface area contributed by atoms with Crippen LogP contribution in [0.15, 0.2) is 35.8 Å². The van der Waals surface area contributed by atoms with E-state index in [0.29, 0.717) is 30.3 Å². The fourth-order valence-corrected chi connectivity index (χ4v) is 4.60. The topological polar surface area (TPSA) is 51.2 Å². The summed E-state index contributed by atoms with van der Waals surface area (Å²) in [6.07, 6.45) is 3.28. The van der Waals surface area contributed by atoms with Crippen molar-refractivity contribution >= 4 is 33.7 Å². The third-order valence-corrected chi connectivity index (χ3v) is 6.01. The number of benzene rings is 1. The van der Waals surface area contributed by atoms with Crippen LogP contribution in [-0.2, 0) is 24.2 Å². The van der Waals surface area contributed by atoms with Crippen LogP contribution in [0.5, 0.6) is 0 Å². The first-order chi connectivity index (χ1) is 12.2. The highest BCUT2D eigenvalue weighted by Gasteiger charge is 2.21. The fraction of sp³-hybridized carbons (Fsp3) is 0.222. The summed E-state index contributed by atoms with van der Waals surface area (Å²) in [5.41, 5.74) is 2.68. The van der Waals surface area contributed by atoms with Crippen LogP contribution in [0.4, 0.5) is 9.52 Å². The summed E-state index contributed by atoms with van der Waals surface area (Å²) in [6.45, 7) is 1.21. The lowest BCUT2D eigenvalue weighted by Gasteiger charge is -2.13. The van der Waals surface area contributed by atoms with E-state index in [4.69, 9.17) is 4.74 Å². The molecule has 0 atom stereocenters. The molecule has 3 heterocycles. The zero-order valence-electron chi connectivity index (χ0n) is 13.3. The lowest BCUT2D eigenvalue weighted by atomic mass is 10.1. The van der Waals surface area contributed by atoms with Gasteiger partial charge in [-0.3, -0.25) is 10.1 Å². The van der Waals surface area contributed by atoms with Crippen molar-refractivity contribution in [3.63, 3.8) is 0 Å². The predicted octanol–water partition coefficient (Wildman–Crippen LogP) is 4.26. The molecule has 0 radical (unpaired) electrons. The third kappa shape index (κ3) is 3.63. The molecule has 0 saturated heterocycles. The van der Waals surface area contributed by atoms with E-state index in [1.807, 2.05) is 5.38 Å².